The maximum absolute atomic E-state index is 10.5. The molecule has 0 aliphatic rings. The quantitative estimate of drug-likeness (QED) is 0.883. The number of carboxylic acids is 1. The van der Waals surface area contributed by atoms with Gasteiger partial charge >= 0.3 is 5.97 Å². The van der Waals surface area contributed by atoms with E-state index in [-0.39, 0.29) is 6.42 Å². The molecule has 0 radical (unpaired) electrons. The Morgan fingerprint density at radius 1 is 1.42 bits per heavy atom. The molecule has 1 aromatic carbocycles. The van der Waals surface area contributed by atoms with Crippen molar-refractivity contribution in [3.8, 4) is 0 Å². The fourth-order valence-electron chi connectivity index (χ4n) is 1.46. The van der Waals surface area contributed by atoms with Gasteiger partial charge in [0.05, 0.1) is 12.1 Å². The van der Waals surface area contributed by atoms with E-state index in [9.17, 15) is 4.79 Å². The Morgan fingerprint density at radius 2 is 2.21 bits per heavy atom. The highest BCUT2D eigenvalue weighted by Gasteiger charge is 2.07. The first-order valence-corrected chi connectivity index (χ1v) is 7.02. The Morgan fingerprint density at radius 3 is 2.89 bits per heavy atom. The molecule has 1 aromatic heterocycles. The molecular formula is C12H10Cl2N2O2S. The third-order valence-electron chi connectivity index (χ3n) is 2.33. The fraction of sp³-hybridized carbons (Fsp3) is 0.167. The van der Waals surface area contributed by atoms with E-state index in [1.54, 1.807) is 17.5 Å². The van der Waals surface area contributed by atoms with E-state index in [0.717, 1.165) is 5.56 Å². The summed E-state index contributed by atoms with van der Waals surface area (Å²) in [5, 5.41) is 15.3. The number of hydrogen-bond donors (Lipinski definition) is 2. The number of anilines is 1. The number of hydrogen-bond acceptors (Lipinski definition) is 4. The topological polar surface area (TPSA) is 62.2 Å². The number of thiazole rings is 1. The predicted molar refractivity (Wildman–Crippen MR) is 77.2 cm³/mol. The zero-order valence-electron chi connectivity index (χ0n) is 9.69. The molecule has 0 aliphatic heterocycles. The lowest BCUT2D eigenvalue weighted by Crippen LogP contribution is -2.02. The van der Waals surface area contributed by atoms with Gasteiger partial charge in [-0.2, -0.15) is 0 Å². The molecule has 0 saturated heterocycles. The minimum absolute atomic E-state index is 0.0696. The summed E-state index contributed by atoms with van der Waals surface area (Å²) in [6.45, 7) is 0.510. The zero-order chi connectivity index (χ0) is 13.8. The van der Waals surface area contributed by atoms with Crippen LogP contribution in [-0.4, -0.2) is 16.1 Å². The molecule has 2 N–H and O–H groups in total. The van der Waals surface area contributed by atoms with Gasteiger partial charge in [0.15, 0.2) is 5.13 Å². The average Bonchev–Trinajstić information content (AvgIpc) is 2.74. The Labute approximate surface area is 124 Å². The van der Waals surface area contributed by atoms with Crippen molar-refractivity contribution >= 4 is 45.6 Å². The summed E-state index contributed by atoms with van der Waals surface area (Å²) in [7, 11) is 0. The minimum atomic E-state index is -0.891. The summed E-state index contributed by atoms with van der Waals surface area (Å²) in [5.74, 6) is -0.891. The van der Waals surface area contributed by atoms with Crippen LogP contribution in [0.15, 0.2) is 23.6 Å². The largest absolute Gasteiger partial charge is 0.481 e. The summed E-state index contributed by atoms with van der Waals surface area (Å²) in [6, 6.07) is 5.28. The Hall–Kier alpha value is -1.30. The molecule has 7 heteroatoms. The third-order valence-corrected chi connectivity index (χ3v) is 3.77. The highest BCUT2D eigenvalue weighted by Crippen LogP contribution is 2.23. The summed E-state index contributed by atoms with van der Waals surface area (Å²) < 4.78 is 0. The molecule has 19 heavy (non-hydrogen) atoms. The summed E-state index contributed by atoms with van der Waals surface area (Å²) in [4.78, 5) is 14.7. The van der Waals surface area contributed by atoms with Gasteiger partial charge < -0.3 is 10.4 Å². The van der Waals surface area contributed by atoms with Crippen molar-refractivity contribution in [3.05, 3.63) is 44.9 Å². The fourth-order valence-corrected chi connectivity index (χ4v) is 2.64. The Kier molecular flexibility index (Phi) is 4.63. The SMILES string of the molecule is O=C(O)Cc1csc(NCc2ccc(Cl)cc2Cl)n1. The van der Waals surface area contributed by atoms with Crippen molar-refractivity contribution in [2.75, 3.05) is 5.32 Å². The lowest BCUT2D eigenvalue weighted by atomic mass is 10.2. The Bertz CT molecular complexity index is 601. The van der Waals surface area contributed by atoms with Crippen LogP contribution in [0.3, 0.4) is 0 Å². The minimum Gasteiger partial charge on any atom is -0.481 e. The molecular weight excluding hydrogens is 307 g/mol. The van der Waals surface area contributed by atoms with Crippen molar-refractivity contribution in [2.45, 2.75) is 13.0 Å². The first-order chi connectivity index (χ1) is 9.04. The third kappa shape index (κ3) is 4.09. The molecule has 0 amide bonds. The van der Waals surface area contributed by atoms with Crippen LogP contribution >= 0.6 is 34.5 Å². The molecule has 1 heterocycles. The predicted octanol–water partition coefficient (Wildman–Crippen LogP) is 3.69. The molecule has 0 spiro atoms. The molecule has 0 atom stereocenters. The van der Waals surface area contributed by atoms with Crippen LogP contribution in [0.1, 0.15) is 11.3 Å². The van der Waals surface area contributed by atoms with Gasteiger partial charge in [0.1, 0.15) is 0 Å². The highest BCUT2D eigenvalue weighted by molar-refractivity contribution is 7.13. The maximum Gasteiger partial charge on any atom is 0.309 e. The van der Waals surface area contributed by atoms with E-state index >= 15 is 0 Å². The summed E-state index contributed by atoms with van der Waals surface area (Å²) >= 11 is 13.2. The van der Waals surface area contributed by atoms with E-state index in [1.807, 2.05) is 6.07 Å². The maximum atomic E-state index is 10.5. The molecule has 4 nitrogen and oxygen atoms in total. The number of nitrogens with one attached hydrogen (secondary N) is 1. The van der Waals surface area contributed by atoms with E-state index in [2.05, 4.69) is 10.3 Å². The standard InChI is InChI=1S/C12H10Cl2N2O2S/c13-8-2-1-7(10(14)3-8)5-15-12-16-9(6-19-12)4-11(17)18/h1-3,6H,4-5H2,(H,15,16)(H,17,18). The number of aliphatic carboxylic acids is 1. The number of carbonyl (C=O) groups is 1. The van der Waals surface area contributed by atoms with Gasteiger partial charge in [-0.15, -0.1) is 11.3 Å². The smallest absolute Gasteiger partial charge is 0.309 e. The lowest BCUT2D eigenvalue weighted by molar-refractivity contribution is -0.136. The first-order valence-electron chi connectivity index (χ1n) is 5.38. The van der Waals surface area contributed by atoms with Crippen LogP contribution in [0.25, 0.3) is 0 Å². The molecule has 100 valence electrons. The molecule has 2 rings (SSSR count). The van der Waals surface area contributed by atoms with Crippen LogP contribution in [0, 0.1) is 0 Å². The van der Waals surface area contributed by atoms with Gasteiger partial charge in [-0.3, -0.25) is 4.79 Å². The van der Waals surface area contributed by atoms with Crippen molar-refractivity contribution in [1.29, 1.82) is 0 Å². The van der Waals surface area contributed by atoms with E-state index < -0.39 is 5.97 Å². The lowest BCUT2D eigenvalue weighted by Gasteiger charge is -2.05. The normalized spacial score (nSPS) is 10.4. The second-order valence-corrected chi connectivity index (χ2v) is 5.51. The number of benzene rings is 1. The molecule has 2 aromatic rings. The van der Waals surface area contributed by atoms with Gasteiger partial charge in [0.2, 0.25) is 0 Å². The van der Waals surface area contributed by atoms with Crippen LogP contribution in [-0.2, 0) is 17.8 Å². The van der Waals surface area contributed by atoms with Gasteiger partial charge in [-0.05, 0) is 17.7 Å². The molecule has 0 unspecified atom stereocenters. The zero-order valence-corrected chi connectivity index (χ0v) is 12.0. The highest BCUT2D eigenvalue weighted by atomic mass is 35.5. The van der Waals surface area contributed by atoms with Crippen LogP contribution in [0.4, 0.5) is 5.13 Å². The van der Waals surface area contributed by atoms with Crippen molar-refractivity contribution < 1.29 is 9.90 Å². The van der Waals surface area contributed by atoms with Crippen molar-refractivity contribution in [1.82, 2.24) is 4.98 Å². The Balaban J connectivity index is 1.98. The van der Waals surface area contributed by atoms with Gasteiger partial charge in [0.25, 0.3) is 0 Å². The van der Waals surface area contributed by atoms with Crippen LogP contribution in [0.5, 0.6) is 0 Å². The van der Waals surface area contributed by atoms with E-state index in [4.69, 9.17) is 28.3 Å². The summed E-state index contributed by atoms with van der Waals surface area (Å²) in [5.41, 5.74) is 1.45. The van der Waals surface area contributed by atoms with Gasteiger partial charge in [-0.1, -0.05) is 29.3 Å². The second kappa shape index (κ2) is 6.23. The molecule has 0 aliphatic carbocycles. The van der Waals surface area contributed by atoms with Crippen molar-refractivity contribution in [3.63, 3.8) is 0 Å². The monoisotopic (exact) mass is 316 g/mol. The molecule has 0 saturated carbocycles. The van der Waals surface area contributed by atoms with Crippen LogP contribution < -0.4 is 5.32 Å². The average molecular weight is 317 g/mol. The van der Waals surface area contributed by atoms with E-state index in [0.29, 0.717) is 27.4 Å². The van der Waals surface area contributed by atoms with Crippen LogP contribution in [0.2, 0.25) is 10.0 Å². The number of rotatable bonds is 5. The van der Waals surface area contributed by atoms with E-state index in [1.165, 1.54) is 11.3 Å². The van der Waals surface area contributed by atoms with Gasteiger partial charge in [0, 0.05) is 22.0 Å². The number of halogens is 2. The second-order valence-electron chi connectivity index (χ2n) is 3.80. The van der Waals surface area contributed by atoms with Gasteiger partial charge in [-0.25, -0.2) is 4.98 Å². The number of carboxylic acid groups (broad SMARTS) is 1. The first kappa shape index (κ1) is 14.1. The number of aromatic nitrogens is 1. The summed E-state index contributed by atoms with van der Waals surface area (Å²) in [6.07, 6.45) is -0.0696. The molecule has 0 fully saturated rings. The number of nitrogens with zero attached hydrogens (tertiary/aromatic N) is 1. The van der Waals surface area contributed by atoms with Crippen molar-refractivity contribution in [2.24, 2.45) is 0 Å². The molecule has 0 bridgehead atoms.